The highest BCUT2D eigenvalue weighted by Crippen LogP contribution is 2.37. The van der Waals surface area contributed by atoms with Crippen molar-refractivity contribution in [1.29, 1.82) is 0 Å². The minimum Gasteiger partial charge on any atom is -0.496 e. The maximum absolute atomic E-state index is 13.9. The first kappa shape index (κ1) is 34.4. The van der Waals surface area contributed by atoms with E-state index in [1.54, 1.807) is 32.5 Å². The molecule has 0 aliphatic carbocycles. The van der Waals surface area contributed by atoms with Crippen LogP contribution in [0.5, 0.6) is 11.5 Å². The van der Waals surface area contributed by atoms with Gasteiger partial charge in [-0.3, -0.25) is 4.79 Å². The largest absolute Gasteiger partial charge is 0.496 e. The average Bonchev–Trinajstić information content (AvgIpc) is 3.64. The van der Waals surface area contributed by atoms with Gasteiger partial charge in [0.15, 0.2) is 5.82 Å². The quantitative estimate of drug-likeness (QED) is 0.170. The maximum Gasteiger partial charge on any atom is 0.278 e. The van der Waals surface area contributed by atoms with Crippen molar-refractivity contribution in [1.82, 2.24) is 9.66 Å². The van der Waals surface area contributed by atoms with Crippen LogP contribution in [0.1, 0.15) is 78.6 Å². The van der Waals surface area contributed by atoms with Gasteiger partial charge in [-0.15, -0.1) is 0 Å². The molecule has 0 fully saturated rings. The molecule has 10 heteroatoms. The minimum absolute atomic E-state index is 0.232. The highest BCUT2D eigenvalue weighted by molar-refractivity contribution is 7.19. The third kappa shape index (κ3) is 7.84. The Kier molecular flexibility index (Phi) is 11.6. The van der Waals surface area contributed by atoms with E-state index in [1.165, 1.54) is 17.5 Å². The number of hydrogen-bond donors (Lipinski definition) is 0. The fourth-order valence-electron chi connectivity index (χ4n) is 5.32. The smallest absolute Gasteiger partial charge is 0.278 e. The standard InChI is InChI=1S/C35H49N5O4S/c1-10-13-14-24(11-2)22-44-25-15-16-27(43-9)26(21-25)30-23(4)34(41)40-33(37-30)31(32(38-40)35(5,6)7)36-28-17-18-29(45-28)39(12-3)19-20-42-8/h15-18,21,24H,10-14,19-20,22H2,1-9H3/b36-31-. The first-order valence-corrected chi connectivity index (χ1v) is 16.8. The number of likely N-dealkylation sites (N-methyl/N-ethyl adjacent to an activating group) is 1. The minimum atomic E-state index is -0.375. The lowest BCUT2D eigenvalue weighted by atomic mass is 9.87. The van der Waals surface area contributed by atoms with Crippen LogP contribution >= 0.6 is 11.3 Å². The zero-order valence-corrected chi connectivity index (χ0v) is 29.2. The second-order valence-corrected chi connectivity index (χ2v) is 13.5. The summed E-state index contributed by atoms with van der Waals surface area (Å²) in [5.74, 6) is 2.26. The van der Waals surface area contributed by atoms with Crippen molar-refractivity contribution in [2.24, 2.45) is 21.4 Å². The Morgan fingerprint density at radius 2 is 1.89 bits per heavy atom. The third-order valence-electron chi connectivity index (χ3n) is 8.15. The monoisotopic (exact) mass is 635 g/mol. The number of ether oxygens (including phenoxy) is 3. The van der Waals surface area contributed by atoms with Crippen LogP contribution in [0.2, 0.25) is 0 Å². The van der Waals surface area contributed by atoms with Crippen LogP contribution in [0, 0.1) is 18.3 Å². The molecule has 0 amide bonds. The van der Waals surface area contributed by atoms with Gasteiger partial charge < -0.3 is 19.1 Å². The summed E-state index contributed by atoms with van der Waals surface area (Å²) < 4.78 is 18.7. The number of methoxy groups -OCH3 is 2. The first-order valence-electron chi connectivity index (χ1n) is 16.0. The molecule has 45 heavy (non-hydrogen) atoms. The summed E-state index contributed by atoms with van der Waals surface area (Å²) in [6, 6.07) is 9.81. The molecule has 244 valence electrons. The van der Waals surface area contributed by atoms with Gasteiger partial charge in [0.1, 0.15) is 22.2 Å². The predicted octanol–water partition coefficient (Wildman–Crippen LogP) is 7.74. The number of fused-ring (bicyclic) bond motifs is 1. The van der Waals surface area contributed by atoms with Crippen LogP contribution in [0.4, 0.5) is 10.0 Å². The lowest BCUT2D eigenvalue weighted by Crippen LogP contribution is -2.28. The molecule has 3 heterocycles. The molecular weight excluding hydrogens is 586 g/mol. The number of thiophene rings is 1. The highest BCUT2D eigenvalue weighted by atomic mass is 32.1. The predicted molar refractivity (Wildman–Crippen MR) is 187 cm³/mol. The second kappa shape index (κ2) is 15.2. The Balaban J connectivity index is 1.78. The number of benzene rings is 1. The van der Waals surface area contributed by atoms with Gasteiger partial charge in [0.25, 0.3) is 5.56 Å². The van der Waals surface area contributed by atoms with Crippen molar-refractivity contribution in [3.63, 3.8) is 0 Å². The Labute approximate surface area is 272 Å². The van der Waals surface area contributed by atoms with E-state index in [0.717, 1.165) is 41.7 Å². The van der Waals surface area contributed by atoms with E-state index in [4.69, 9.17) is 29.3 Å². The van der Waals surface area contributed by atoms with Gasteiger partial charge in [-0.25, -0.2) is 9.98 Å². The van der Waals surface area contributed by atoms with Crippen molar-refractivity contribution >= 4 is 32.8 Å². The van der Waals surface area contributed by atoms with Gasteiger partial charge in [0, 0.05) is 36.7 Å². The van der Waals surface area contributed by atoms with Gasteiger partial charge in [-0.2, -0.15) is 9.78 Å². The Bertz CT molecular complexity index is 1580. The number of nitrogens with zero attached hydrogens (tertiary/aromatic N) is 5. The van der Waals surface area contributed by atoms with E-state index in [-0.39, 0.29) is 11.0 Å². The number of aliphatic imine (C=N–C) groups is 1. The Morgan fingerprint density at radius 1 is 1.11 bits per heavy atom. The lowest BCUT2D eigenvalue weighted by molar-refractivity contribution is 0.205. The summed E-state index contributed by atoms with van der Waals surface area (Å²) in [4.78, 5) is 26.3. The number of anilines is 1. The molecule has 0 radical (unpaired) electrons. The number of aromatic nitrogens is 2. The zero-order chi connectivity index (χ0) is 32.7. The van der Waals surface area contributed by atoms with Crippen molar-refractivity contribution in [2.75, 3.05) is 45.4 Å². The van der Waals surface area contributed by atoms with E-state index in [9.17, 15) is 4.79 Å². The fourth-order valence-corrected chi connectivity index (χ4v) is 6.29. The number of hydrogen-bond acceptors (Lipinski definition) is 9. The van der Waals surface area contributed by atoms with Crippen LogP contribution in [0.3, 0.4) is 0 Å². The van der Waals surface area contributed by atoms with Crippen LogP contribution in [-0.2, 0) is 4.74 Å². The third-order valence-corrected chi connectivity index (χ3v) is 9.19. The molecule has 1 atom stereocenters. The molecule has 0 saturated heterocycles. The molecule has 4 rings (SSSR count). The average molecular weight is 636 g/mol. The van der Waals surface area contributed by atoms with Gasteiger partial charge >= 0.3 is 0 Å². The van der Waals surface area contributed by atoms with Crippen LogP contribution in [-0.4, -0.2) is 61.6 Å². The molecular formula is C35H49N5O4S. The van der Waals surface area contributed by atoms with E-state index in [2.05, 4.69) is 52.5 Å². The number of unbranched alkanes of at least 4 members (excludes halogenated alkanes) is 1. The maximum atomic E-state index is 13.9. The lowest BCUT2D eigenvalue weighted by Gasteiger charge is -2.20. The molecule has 1 aromatic carbocycles. The summed E-state index contributed by atoms with van der Waals surface area (Å²) in [6.07, 6.45) is 4.58. The summed E-state index contributed by atoms with van der Waals surface area (Å²) in [7, 11) is 3.34. The molecule has 9 nitrogen and oxygen atoms in total. The van der Waals surface area contributed by atoms with E-state index in [0.29, 0.717) is 58.9 Å². The van der Waals surface area contributed by atoms with Crippen LogP contribution < -0.4 is 19.9 Å². The van der Waals surface area contributed by atoms with E-state index in [1.807, 2.05) is 24.3 Å². The zero-order valence-electron chi connectivity index (χ0n) is 28.4. The van der Waals surface area contributed by atoms with Gasteiger partial charge in [-0.1, -0.05) is 65.2 Å². The van der Waals surface area contributed by atoms with Gasteiger partial charge in [-0.05, 0) is 56.5 Å². The van der Waals surface area contributed by atoms with Gasteiger partial charge in [0.2, 0.25) is 0 Å². The summed E-state index contributed by atoms with van der Waals surface area (Å²) >= 11 is 1.60. The van der Waals surface area contributed by atoms with E-state index >= 15 is 0 Å². The summed E-state index contributed by atoms with van der Waals surface area (Å²) in [5, 5.41) is 6.71. The van der Waals surface area contributed by atoms with Crippen molar-refractivity contribution < 1.29 is 14.2 Å². The topological polar surface area (TPSA) is 90.5 Å². The van der Waals surface area contributed by atoms with Crippen molar-refractivity contribution in [2.45, 2.75) is 74.1 Å². The molecule has 3 aromatic rings. The highest BCUT2D eigenvalue weighted by Gasteiger charge is 2.35. The Hall–Kier alpha value is -3.50. The summed E-state index contributed by atoms with van der Waals surface area (Å²) in [5.41, 5.74) is 2.43. The van der Waals surface area contributed by atoms with Crippen LogP contribution in [0.25, 0.3) is 11.3 Å². The van der Waals surface area contributed by atoms with Crippen molar-refractivity contribution in [3.8, 4) is 22.8 Å². The summed E-state index contributed by atoms with van der Waals surface area (Å²) in [6.45, 7) is 17.5. The van der Waals surface area contributed by atoms with Gasteiger partial charge in [0.05, 0.1) is 36.7 Å². The van der Waals surface area contributed by atoms with E-state index < -0.39 is 0 Å². The molecule has 0 spiro atoms. The molecule has 0 saturated carbocycles. The molecule has 0 bridgehead atoms. The second-order valence-electron chi connectivity index (χ2n) is 12.5. The normalized spacial score (nSPS) is 14.4. The fraction of sp³-hybridized carbons (Fsp3) is 0.543. The van der Waals surface area contributed by atoms with Crippen LogP contribution in [0.15, 0.2) is 45.2 Å². The first-order chi connectivity index (χ1) is 21.6. The molecule has 2 aromatic heterocycles. The van der Waals surface area contributed by atoms with Crippen molar-refractivity contribution in [3.05, 3.63) is 52.1 Å². The SMILES string of the molecule is CCCCC(CC)COc1ccc(OC)c(-c2nc3n(c(=O)c2C)N=C(C(C)(C)C)/C3=N/c2ccc(N(CC)CCOC)s2)c1. The molecule has 1 unspecified atom stereocenters. The number of rotatable bonds is 15. The molecule has 1 aliphatic heterocycles. The molecule has 1 aliphatic rings. The molecule has 0 N–H and O–H groups in total. The Morgan fingerprint density at radius 3 is 2.53 bits per heavy atom.